The lowest BCUT2D eigenvalue weighted by molar-refractivity contribution is 0.227. The Labute approximate surface area is 87.1 Å². The summed E-state index contributed by atoms with van der Waals surface area (Å²) >= 11 is 0. The number of aliphatic imine (C=N–C) groups is 1. The second-order valence-corrected chi connectivity index (χ2v) is 3.52. The van der Waals surface area contributed by atoms with Crippen molar-refractivity contribution in [3.05, 3.63) is 24.4 Å². The molecule has 0 aromatic carbocycles. The van der Waals surface area contributed by atoms with Gasteiger partial charge in [0, 0.05) is 12.8 Å². The van der Waals surface area contributed by atoms with Gasteiger partial charge in [-0.2, -0.15) is 0 Å². The minimum Gasteiger partial charge on any atom is -0.396 e. The highest BCUT2D eigenvalue weighted by Crippen LogP contribution is 2.08. The Morgan fingerprint density at radius 3 is 2.79 bits per heavy atom. The minimum atomic E-state index is 0.309. The molecule has 0 amide bonds. The fourth-order valence-corrected chi connectivity index (χ4v) is 1.13. The van der Waals surface area contributed by atoms with Crippen LogP contribution >= 0.6 is 0 Å². The Balaban J connectivity index is 3.24. The smallest absolute Gasteiger partial charge is 0.0456 e. The molecule has 1 N–H and O–H groups in total. The Hall–Kier alpha value is -0.890. The van der Waals surface area contributed by atoms with E-state index < -0.39 is 0 Å². The quantitative estimate of drug-likeness (QED) is 0.360. The number of unbranched alkanes of at least 4 members (excludes halogenated alkanes) is 2. The predicted octanol–water partition coefficient (Wildman–Crippen LogP) is 2.95. The highest BCUT2D eigenvalue weighted by molar-refractivity contribution is 5.26. The fourth-order valence-electron chi connectivity index (χ4n) is 1.13. The van der Waals surface area contributed by atoms with Gasteiger partial charge in [-0.1, -0.05) is 25.5 Å². The summed E-state index contributed by atoms with van der Waals surface area (Å²) < 4.78 is 0. The first-order chi connectivity index (χ1) is 6.81. The molecule has 0 radical (unpaired) electrons. The van der Waals surface area contributed by atoms with Gasteiger partial charge in [0.25, 0.3) is 0 Å². The van der Waals surface area contributed by atoms with E-state index in [1.165, 1.54) is 12.8 Å². The molecule has 2 heteroatoms. The van der Waals surface area contributed by atoms with Crippen LogP contribution in [0.15, 0.2) is 29.4 Å². The van der Waals surface area contributed by atoms with Crippen LogP contribution < -0.4 is 0 Å². The summed E-state index contributed by atoms with van der Waals surface area (Å²) in [6, 6.07) is 0. The van der Waals surface area contributed by atoms with Crippen molar-refractivity contribution in [2.24, 2.45) is 10.9 Å². The number of hydrogen-bond donors (Lipinski definition) is 1. The topological polar surface area (TPSA) is 32.6 Å². The van der Waals surface area contributed by atoms with Crippen molar-refractivity contribution >= 4 is 6.72 Å². The Morgan fingerprint density at radius 2 is 2.14 bits per heavy atom. The molecular weight excluding hydrogens is 174 g/mol. The van der Waals surface area contributed by atoms with E-state index in [0.29, 0.717) is 12.5 Å². The maximum Gasteiger partial charge on any atom is 0.0456 e. The molecule has 0 aliphatic rings. The van der Waals surface area contributed by atoms with Crippen LogP contribution in [0, 0.1) is 5.92 Å². The van der Waals surface area contributed by atoms with Crippen molar-refractivity contribution in [1.82, 2.24) is 0 Å². The maximum absolute atomic E-state index is 8.80. The van der Waals surface area contributed by atoms with E-state index >= 15 is 0 Å². The van der Waals surface area contributed by atoms with Gasteiger partial charge in [-0.3, -0.25) is 4.99 Å². The van der Waals surface area contributed by atoms with Crippen LogP contribution in [0.3, 0.4) is 0 Å². The normalized spacial score (nSPS) is 13.9. The molecule has 0 aromatic rings. The van der Waals surface area contributed by atoms with Gasteiger partial charge in [-0.25, -0.2) is 0 Å². The van der Waals surface area contributed by atoms with E-state index in [2.05, 4.69) is 24.7 Å². The minimum absolute atomic E-state index is 0.309. The Morgan fingerprint density at radius 1 is 1.36 bits per heavy atom. The first-order valence-electron chi connectivity index (χ1n) is 5.19. The zero-order valence-electron chi connectivity index (χ0n) is 9.02. The van der Waals surface area contributed by atoms with Crippen LogP contribution in [-0.4, -0.2) is 18.4 Å². The predicted molar refractivity (Wildman–Crippen MR) is 62.5 cm³/mol. The highest BCUT2D eigenvalue weighted by atomic mass is 16.3. The number of hydrogen-bond acceptors (Lipinski definition) is 2. The number of aliphatic hydroxyl groups excluding tert-OH is 1. The fraction of sp³-hybridized carbons (Fsp3) is 0.583. The van der Waals surface area contributed by atoms with Crippen LogP contribution in [0.2, 0.25) is 0 Å². The molecule has 0 aromatic heterocycles. The van der Waals surface area contributed by atoms with Crippen LogP contribution in [0.25, 0.3) is 0 Å². The molecule has 14 heavy (non-hydrogen) atoms. The molecule has 0 bridgehead atoms. The largest absolute Gasteiger partial charge is 0.396 e. The van der Waals surface area contributed by atoms with Gasteiger partial charge in [-0.05, 0) is 38.0 Å². The molecule has 2 nitrogen and oxygen atoms in total. The summed E-state index contributed by atoms with van der Waals surface area (Å²) in [6.07, 6.45) is 12.3. The van der Waals surface area contributed by atoms with Crippen LogP contribution in [0.1, 0.15) is 32.6 Å². The number of nitrogens with zero attached hydrogens (tertiary/aromatic N) is 1. The van der Waals surface area contributed by atoms with E-state index in [4.69, 9.17) is 5.11 Å². The zero-order chi connectivity index (χ0) is 10.6. The molecule has 0 aliphatic heterocycles. The molecule has 0 fully saturated rings. The van der Waals surface area contributed by atoms with Crippen molar-refractivity contribution in [3.8, 4) is 0 Å². The Bertz CT molecular complexity index is 185. The van der Waals surface area contributed by atoms with Gasteiger partial charge in [-0.15, -0.1) is 0 Å². The van der Waals surface area contributed by atoms with Crippen molar-refractivity contribution < 1.29 is 5.11 Å². The molecular formula is C12H21NO. The average molecular weight is 195 g/mol. The summed E-state index contributed by atoms with van der Waals surface area (Å²) in [5, 5.41) is 8.80. The van der Waals surface area contributed by atoms with Crippen LogP contribution in [-0.2, 0) is 0 Å². The molecule has 0 saturated carbocycles. The average Bonchev–Trinajstić information content (AvgIpc) is 2.21. The van der Waals surface area contributed by atoms with Crippen molar-refractivity contribution in [2.45, 2.75) is 32.6 Å². The number of rotatable bonds is 8. The Kier molecular flexibility index (Phi) is 9.54. The standard InChI is InChI=1S/C12H21NO/c1-12(11-14)9-7-5-3-4-6-8-10-13-2/h4,6,8,10,12,14H,2-3,5,7,9,11H2,1H3/b6-4-,10-8-. The molecule has 1 atom stereocenters. The molecule has 0 spiro atoms. The van der Waals surface area contributed by atoms with Gasteiger partial charge in [0.05, 0.1) is 0 Å². The highest BCUT2D eigenvalue weighted by Gasteiger charge is 1.97. The summed E-state index contributed by atoms with van der Waals surface area (Å²) in [5.74, 6) is 0.448. The van der Waals surface area contributed by atoms with Crippen molar-refractivity contribution in [3.63, 3.8) is 0 Å². The molecule has 0 rings (SSSR count). The second kappa shape index (κ2) is 10.2. The van der Waals surface area contributed by atoms with Gasteiger partial charge in [0.1, 0.15) is 0 Å². The molecule has 0 heterocycles. The molecule has 0 aliphatic carbocycles. The SMILES string of the molecule is C=N/C=C\C=C/CCCCC(C)CO. The first kappa shape index (κ1) is 13.1. The third-order valence-electron chi connectivity index (χ3n) is 2.07. The van der Waals surface area contributed by atoms with E-state index in [9.17, 15) is 0 Å². The first-order valence-corrected chi connectivity index (χ1v) is 5.19. The lowest BCUT2D eigenvalue weighted by Crippen LogP contribution is -1.99. The van der Waals surface area contributed by atoms with Gasteiger partial charge >= 0.3 is 0 Å². The van der Waals surface area contributed by atoms with Crippen LogP contribution in [0.4, 0.5) is 0 Å². The van der Waals surface area contributed by atoms with Gasteiger partial charge in [0.15, 0.2) is 0 Å². The van der Waals surface area contributed by atoms with Gasteiger partial charge < -0.3 is 5.11 Å². The number of allylic oxidation sites excluding steroid dienone is 3. The summed E-state index contributed by atoms with van der Waals surface area (Å²) in [5.41, 5.74) is 0. The maximum atomic E-state index is 8.80. The van der Waals surface area contributed by atoms with E-state index in [-0.39, 0.29) is 0 Å². The monoisotopic (exact) mass is 195 g/mol. The van der Waals surface area contributed by atoms with E-state index in [1.54, 1.807) is 6.20 Å². The van der Waals surface area contributed by atoms with E-state index in [0.717, 1.165) is 12.8 Å². The zero-order valence-corrected chi connectivity index (χ0v) is 9.02. The second-order valence-electron chi connectivity index (χ2n) is 3.52. The third-order valence-corrected chi connectivity index (χ3v) is 2.07. The van der Waals surface area contributed by atoms with Crippen molar-refractivity contribution in [1.29, 1.82) is 0 Å². The third kappa shape index (κ3) is 9.20. The number of aliphatic hydroxyl groups is 1. The van der Waals surface area contributed by atoms with Crippen LogP contribution in [0.5, 0.6) is 0 Å². The van der Waals surface area contributed by atoms with Gasteiger partial charge in [0.2, 0.25) is 0 Å². The molecule has 0 saturated heterocycles. The molecule has 80 valence electrons. The molecule has 1 unspecified atom stereocenters. The summed E-state index contributed by atoms with van der Waals surface area (Å²) in [6.45, 7) is 5.73. The lowest BCUT2D eigenvalue weighted by Gasteiger charge is -2.05. The summed E-state index contributed by atoms with van der Waals surface area (Å²) in [4.78, 5) is 3.59. The van der Waals surface area contributed by atoms with Crippen molar-refractivity contribution in [2.75, 3.05) is 6.61 Å². The van der Waals surface area contributed by atoms with E-state index in [1.807, 2.05) is 12.2 Å². The lowest BCUT2D eigenvalue weighted by atomic mass is 10.0. The summed E-state index contributed by atoms with van der Waals surface area (Å²) in [7, 11) is 0.